The monoisotopic (exact) mass is 332 g/mol. The summed E-state index contributed by atoms with van der Waals surface area (Å²) in [7, 11) is 1.92. The highest BCUT2D eigenvalue weighted by Gasteiger charge is 2.58. The minimum Gasteiger partial charge on any atom is -0.337 e. The number of aryl methyl sites for hydroxylation is 1. The van der Waals surface area contributed by atoms with Crippen molar-refractivity contribution in [3.05, 3.63) is 18.2 Å². The molecule has 132 valence electrons. The number of rotatable bonds is 4. The molecule has 2 fully saturated rings. The second kappa shape index (κ2) is 5.99. The first-order valence-corrected chi connectivity index (χ1v) is 8.77. The Morgan fingerprint density at radius 2 is 2.04 bits per heavy atom. The number of hydrogen-bond acceptors (Lipinski definition) is 4. The summed E-state index contributed by atoms with van der Waals surface area (Å²) in [5.41, 5.74) is -0.461. The molecule has 0 bridgehead atoms. The molecule has 1 amide bonds. The number of amides is 1. The van der Waals surface area contributed by atoms with E-state index in [1.165, 1.54) is 0 Å². The molecule has 1 spiro atoms. The number of ketones is 1. The Labute approximate surface area is 143 Å². The predicted octanol–water partition coefficient (Wildman–Crippen LogP) is 1.51. The van der Waals surface area contributed by atoms with Gasteiger partial charge in [0.2, 0.25) is 5.78 Å². The highest BCUT2D eigenvalue weighted by Crippen LogP contribution is 2.56. The van der Waals surface area contributed by atoms with Crippen molar-refractivity contribution in [2.45, 2.75) is 52.6 Å². The molecule has 1 saturated carbocycles. The third kappa shape index (κ3) is 3.11. The smallest absolute Gasteiger partial charge is 0.291 e. The lowest BCUT2D eigenvalue weighted by Crippen LogP contribution is -2.45. The maximum absolute atomic E-state index is 13.0. The number of hydrogen-bond donors (Lipinski definition) is 1. The summed E-state index contributed by atoms with van der Waals surface area (Å²) in [6.45, 7) is 7.81. The molecule has 1 aliphatic heterocycles. The van der Waals surface area contributed by atoms with Gasteiger partial charge in [0.15, 0.2) is 0 Å². The lowest BCUT2D eigenvalue weighted by atomic mass is 9.89. The molecule has 1 unspecified atom stereocenters. The highest BCUT2D eigenvalue weighted by molar-refractivity contribution is 6.37. The predicted molar refractivity (Wildman–Crippen MR) is 91.2 cm³/mol. The van der Waals surface area contributed by atoms with Gasteiger partial charge in [-0.1, -0.05) is 20.8 Å². The quantitative estimate of drug-likeness (QED) is 0.849. The molecule has 6 heteroatoms. The number of aromatic nitrogens is 2. The molecule has 1 aliphatic carbocycles. The van der Waals surface area contributed by atoms with Gasteiger partial charge in [0, 0.05) is 30.9 Å². The van der Waals surface area contributed by atoms with E-state index in [9.17, 15) is 9.59 Å². The zero-order valence-electron chi connectivity index (χ0n) is 15.1. The van der Waals surface area contributed by atoms with Crippen LogP contribution in [0.1, 0.15) is 45.9 Å². The minimum atomic E-state index is -0.660. The fourth-order valence-electron chi connectivity index (χ4n) is 3.70. The van der Waals surface area contributed by atoms with E-state index in [-0.39, 0.29) is 23.1 Å². The number of nitrogens with one attached hydrogen (secondary N) is 1. The fourth-order valence-corrected chi connectivity index (χ4v) is 3.70. The van der Waals surface area contributed by atoms with E-state index in [1.54, 1.807) is 31.9 Å². The van der Waals surface area contributed by atoms with Crippen molar-refractivity contribution in [1.29, 1.82) is 0 Å². The van der Waals surface area contributed by atoms with Gasteiger partial charge in [0.25, 0.3) is 5.91 Å². The van der Waals surface area contributed by atoms with Crippen LogP contribution in [-0.2, 0) is 23.2 Å². The first kappa shape index (κ1) is 17.1. The van der Waals surface area contributed by atoms with Crippen LogP contribution in [0.25, 0.3) is 0 Å². The Kier molecular flexibility index (Phi) is 4.28. The first-order chi connectivity index (χ1) is 11.2. The summed E-state index contributed by atoms with van der Waals surface area (Å²) < 4.78 is 1.92. The van der Waals surface area contributed by atoms with Gasteiger partial charge in [-0.25, -0.2) is 4.98 Å². The molecule has 1 N–H and O–H groups in total. The number of carbonyl (C=O) groups excluding carboxylic acids is 2. The lowest BCUT2D eigenvalue weighted by molar-refractivity contribution is -0.150. The van der Waals surface area contributed by atoms with E-state index in [0.29, 0.717) is 6.54 Å². The van der Waals surface area contributed by atoms with Crippen molar-refractivity contribution in [2.75, 3.05) is 13.1 Å². The van der Waals surface area contributed by atoms with Gasteiger partial charge >= 0.3 is 0 Å². The van der Waals surface area contributed by atoms with E-state index in [2.05, 4.69) is 10.3 Å². The van der Waals surface area contributed by atoms with E-state index in [4.69, 9.17) is 0 Å². The number of piperidine rings is 1. The number of Topliss-reactive ketones (excluding diaryl/α,β-unsaturated/α-hetero) is 1. The Hall–Kier alpha value is -1.69. The molecule has 1 atom stereocenters. The van der Waals surface area contributed by atoms with Crippen LogP contribution in [0.3, 0.4) is 0 Å². The third-order valence-electron chi connectivity index (χ3n) is 5.49. The van der Waals surface area contributed by atoms with Crippen LogP contribution in [-0.4, -0.2) is 45.3 Å². The number of carbonyl (C=O) groups is 2. The zero-order chi connectivity index (χ0) is 17.5. The van der Waals surface area contributed by atoms with Gasteiger partial charge in [-0.15, -0.1) is 0 Å². The van der Waals surface area contributed by atoms with Crippen LogP contribution < -0.4 is 5.32 Å². The van der Waals surface area contributed by atoms with Crippen LogP contribution in [0.15, 0.2) is 12.4 Å². The topological polar surface area (TPSA) is 67.2 Å². The SMILES string of the molecule is Cn1ccnc1CN(C(=O)C(=O)C(C)(C)C)C1CC12CCNCC2. The maximum atomic E-state index is 13.0. The van der Waals surface area contributed by atoms with Crippen LogP contribution in [0.5, 0.6) is 0 Å². The molecule has 2 aliphatic rings. The Morgan fingerprint density at radius 1 is 1.38 bits per heavy atom. The van der Waals surface area contributed by atoms with Gasteiger partial charge < -0.3 is 14.8 Å². The maximum Gasteiger partial charge on any atom is 0.291 e. The second-order valence-corrected chi connectivity index (χ2v) is 8.30. The zero-order valence-corrected chi connectivity index (χ0v) is 15.1. The minimum absolute atomic E-state index is 0.162. The average molecular weight is 332 g/mol. The molecule has 1 aromatic heterocycles. The fraction of sp³-hybridized carbons (Fsp3) is 0.722. The van der Waals surface area contributed by atoms with Gasteiger partial charge in [-0.3, -0.25) is 9.59 Å². The molecule has 2 heterocycles. The van der Waals surface area contributed by atoms with Gasteiger partial charge in [0.05, 0.1) is 6.54 Å². The second-order valence-electron chi connectivity index (χ2n) is 8.30. The normalized spacial score (nSPS) is 22.4. The number of imidazole rings is 1. The molecule has 3 rings (SSSR count). The summed E-state index contributed by atoms with van der Waals surface area (Å²) in [4.78, 5) is 31.7. The molecule has 1 aromatic rings. The van der Waals surface area contributed by atoms with Crippen LogP contribution >= 0.6 is 0 Å². The first-order valence-electron chi connectivity index (χ1n) is 8.77. The third-order valence-corrected chi connectivity index (χ3v) is 5.49. The highest BCUT2D eigenvalue weighted by atomic mass is 16.2. The van der Waals surface area contributed by atoms with Crippen LogP contribution in [0.4, 0.5) is 0 Å². The Bertz CT molecular complexity index is 638. The molecular weight excluding hydrogens is 304 g/mol. The summed E-state index contributed by atoms with van der Waals surface area (Å²) in [6, 6.07) is 0.162. The van der Waals surface area contributed by atoms with Crippen LogP contribution in [0, 0.1) is 10.8 Å². The Balaban J connectivity index is 1.83. The molecular formula is C18H28N4O2. The standard InChI is InChI=1S/C18H28N4O2/c1-17(2,3)15(23)16(24)22(12-14-20-9-10-21(14)4)13-11-18(13)5-7-19-8-6-18/h9-10,13,19H,5-8,11-12H2,1-4H3. The van der Waals surface area contributed by atoms with Crippen molar-refractivity contribution >= 4 is 11.7 Å². The van der Waals surface area contributed by atoms with Crippen molar-refractivity contribution in [1.82, 2.24) is 19.8 Å². The average Bonchev–Trinajstić information content (AvgIpc) is 3.04. The van der Waals surface area contributed by atoms with Gasteiger partial charge in [0.1, 0.15) is 5.82 Å². The lowest BCUT2D eigenvalue weighted by Gasteiger charge is -2.30. The van der Waals surface area contributed by atoms with Crippen molar-refractivity contribution < 1.29 is 9.59 Å². The van der Waals surface area contributed by atoms with E-state index in [0.717, 1.165) is 38.2 Å². The summed E-state index contributed by atoms with van der Waals surface area (Å²) >= 11 is 0. The molecule has 1 saturated heterocycles. The molecule has 24 heavy (non-hydrogen) atoms. The number of nitrogens with zero attached hydrogens (tertiary/aromatic N) is 3. The van der Waals surface area contributed by atoms with Crippen LogP contribution in [0.2, 0.25) is 0 Å². The molecule has 6 nitrogen and oxygen atoms in total. The molecule has 0 aromatic carbocycles. The Morgan fingerprint density at radius 3 is 2.58 bits per heavy atom. The summed E-state index contributed by atoms with van der Waals surface area (Å²) in [5, 5.41) is 3.38. The van der Waals surface area contributed by atoms with Crippen molar-refractivity contribution in [3.8, 4) is 0 Å². The summed E-state index contributed by atoms with van der Waals surface area (Å²) in [6.07, 6.45) is 6.76. The summed E-state index contributed by atoms with van der Waals surface area (Å²) in [5.74, 6) is 0.152. The van der Waals surface area contributed by atoms with E-state index < -0.39 is 5.41 Å². The van der Waals surface area contributed by atoms with E-state index >= 15 is 0 Å². The van der Waals surface area contributed by atoms with E-state index in [1.807, 2.05) is 17.8 Å². The largest absolute Gasteiger partial charge is 0.337 e. The van der Waals surface area contributed by atoms with Gasteiger partial charge in [-0.05, 0) is 37.8 Å². The molecule has 0 radical (unpaired) electrons. The van der Waals surface area contributed by atoms with Crippen molar-refractivity contribution in [3.63, 3.8) is 0 Å². The van der Waals surface area contributed by atoms with Crippen molar-refractivity contribution in [2.24, 2.45) is 17.9 Å². The van der Waals surface area contributed by atoms with Gasteiger partial charge in [-0.2, -0.15) is 0 Å².